The number of carbonyl (C=O) groups is 2. The molecule has 1 aliphatic rings. The first-order valence-electron chi connectivity index (χ1n) is 4.24. The van der Waals surface area contributed by atoms with Gasteiger partial charge in [0.15, 0.2) is 5.78 Å². The van der Waals surface area contributed by atoms with Gasteiger partial charge in [0.2, 0.25) is 5.91 Å². The highest BCUT2D eigenvalue weighted by molar-refractivity contribution is 6.30. The molecule has 1 heterocycles. The van der Waals surface area contributed by atoms with Crippen molar-refractivity contribution in [3.63, 3.8) is 0 Å². The van der Waals surface area contributed by atoms with Gasteiger partial charge in [-0.15, -0.1) is 0 Å². The van der Waals surface area contributed by atoms with Crippen LogP contribution >= 0.6 is 11.6 Å². The summed E-state index contributed by atoms with van der Waals surface area (Å²) in [6.45, 7) is 0.181. The smallest absolute Gasteiger partial charge is 0.234 e. The zero-order valence-corrected chi connectivity index (χ0v) is 8.12. The highest BCUT2D eigenvalue weighted by Gasteiger charge is 2.28. The molecule has 1 aliphatic heterocycles. The summed E-state index contributed by atoms with van der Waals surface area (Å²) >= 11 is 5.71. The van der Waals surface area contributed by atoms with Gasteiger partial charge >= 0.3 is 0 Å². The van der Waals surface area contributed by atoms with E-state index in [1.165, 1.54) is 4.90 Å². The Hall–Kier alpha value is -1.35. The molecule has 1 amide bonds. The van der Waals surface area contributed by atoms with Gasteiger partial charge in [0, 0.05) is 10.7 Å². The van der Waals surface area contributed by atoms with Gasteiger partial charge in [-0.2, -0.15) is 0 Å². The molecule has 1 fully saturated rings. The summed E-state index contributed by atoms with van der Waals surface area (Å²) in [6, 6.07) is 6.87. The van der Waals surface area contributed by atoms with Crippen LogP contribution in [0.4, 0.5) is 5.69 Å². The lowest BCUT2D eigenvalue weighted by molar-refractivity contribution is -0.121. The van der Waals surface area contributed by atoms with Crippen LogP contribution in [-0.2, 0) is 9.59 Å². The van der Waals surface area contributed by atoms with Gasteiger partial charge in [0.05, 0.1) is 13.0 Å². The number of hydrogen-bond donors (Lipinski definition) is 0. The highest BCUT2D eigenvalue weighted by Crippen LogP contribution is 2.21. The second-order valence-corrected chi connectivity index (χ2v) is 3.61. The molecular formula is C10H8ClNO2. The fourth-order valence-corrected chi connectivity index (χ4v) is 1.57. The van der Waals surface area contributed by atoms with E-state index in [1.807, 2.05) is 0 Å². The molecule has 0 N–H and O–H groups in total. The number of benzene rings is 1. The van der Waals surface area contributed by atoms with Gasteiger partial charge in [-0.3, -0.25) is 9.59 Å². The number of amides is 1. The topological polar surface area (TPSA) is 37.4 Å². The lowest BCUT2D eigenvalue weighted by Gasteiger charge is -2.14. The van der Waals surface area contributed by atoms with Gasteiger partial charge in [0.25, 0.3) is 0 Å². The zero-order valence-electron chi connectivity index (χ0n) is 7.37. The maximum Gasteiger partial charge on any atom is 0.234 e. The first-order chi connectivity index (χ1) is 6.66. The number of ketones is 1. The average molecular weight is 210 g/mol. The minimum atomic E-state index is -0.141. The molecule has 0 aromatic heterocycles. The standard InChI is InChI=1S/C10H8ClNO2/c11-7-1-3-8(4-2-7)12-6-9(13)5-10(12)14/h1-4H,5-6H2. The number of halogens is 1. The third-order valence-electron chi connectivity index (χ3n) is 2.12. The Kier molecular flexibility index (Phi) is 2.25. The SMILES string of the molecule is O=C1CC(=O)N(c2ccc(Cl)cc2)C1. The van der Waals surface area contributed by atoms with Crippen molar-refractivity contribution in [2.75, 3.05) is 11.4 Å². The first kappa shape index (κ1) is 9.21. The predicted octanol–water partition coefficient (Wildman–Crippen LogP) is 1.65. The number of carbonyl (C=O) groups excluding carboxylic acids is 2. The fraction of sp³-hybridized carbons (Fsp3) is 0.200. The van der Waals surface area contributed by atoms with E-state index in [9.17, 15) is 9.59 Å². The van der Waals surface area contributed by atoms with Crippen molar-refractivity contribution in [1.82, 2.24) is 0 Å². The first-order valence-corrected chi connectivity index (χ1v) is 4.62. The summed E-state index contributed by atoms with van der Waals surface area (Å²) in [5, 5.41) is 0.617. The molecule has 0 aliphatic carbocycles. The molecule has 1 aromatic carbocycles. The third kappa shape index (κ3) is 1.63. The third-order valence-corrected chi connectivity index (χ3v) is 2.37. The minimum Gasteiger partial charge on any atom is -0.305 e. The molecule has 1 aromatic rings. The number of nitrogens with zero attached hydrogens (tertiary/aromatic N) is 1. The van der Waals surface area contributed by atoms with Crippen molar-refractivity contribution >= 4 is 29.0 Å². The average Bonchev–Trinajstić information content (AvgIpc) is 2.47. The van der Waals surface area contributed by atoms with Crippen LogP contribution in [0.25, 0.3) is 0 Å². The van der Waals surface area contributed by atoms with Crippen molar-refractivity contribution in [1.29, 1.82) is 0 Å². The van der Waals surface area contributed by atoms with E-state index >= 15 is 0 Å². The van der Waals surface area contributed by atoms with E-state index in [2.05, 4.69) is 0 Å². The summed E-state index contributed by atoms with van der Waals surface area (Å²) in [7, 11) is 0. The maximum absolute atomic E-state index is 11.3. The number of hydrogen-bond acceptors (Lipinski definition) is 2. The predicted molar refractivity (Wildman–Crippen MR) is 53.4 cm³/mol. The van der Waals surface area contributed by atoms with Crippen LogP contribution in [0.2, 0.25) is 5.02 Å². The monoisotopic (exact) mass is 209 g/mol. The second kappa shape index (κ2) is 3.42. The van der Waals surface area contributed by atoms with Gasteiger partial charge in [0.1, 0.15) is 0 Å². The fourth-order valence-electron chi connectivity index (χ4n) is 1.44. The van der Waals surface area contributed by atoms with E-state index in [0.717, 1.165) is 5.69 Å². The van der Waals surface area contributed by atoms with Crippen LogP contribution in [-0.4, -0.2) is 18.2 Å². The molecule has 0 atom stereocenters. The lowest BCUT2D eigenvalue weighted by atomic mass is 10.3. The Labute approximate surface area is 86.3 Å². The summed E-state index contributed by atoms with van der Waals surface area (Å²) in [5.41, 5.74) is 0.727. The van der Waals surface area contributed by atoms with Crippen LogP contribution in [0.3, 0.4) is 0 Å². The van der Waals surface area contributed by atoms with Crippen LogP contribution in [0, 0.1) is 0 Å². The molecule has 72 valence electrons. The second-order valence-electron chi connectivity index (χ2n) is 3.17. The Morgan fingerprint density at radius 2 is 1.79 bits per heavy atom. The Morgan fingerprint density at radius 1 is 1.14 bits per heavy atom. The van der Waals surface area contributed by atoms with Crippen molar-refractivity contribution in [2.45, 2.75) is 6.42 Å². The molecule has 1 saturated heterocycles. The van der Waals surface area contributed by atoms with Crippen LogP contribution in [0.1, 0.15) is 6.42 Å². The Morgan fingerprint density at radius 3 is 2.29 bits per heavy atom. The van der Waals surface area contributed by atoms with Crippen molar-refractivity contribution in [3.8, 4) is 0 Å². The number of rotatable bonds is 1. The van der Waals surface area contributed by atoms with E-state index in [1.54, 1.807) is 24.3 Å². The normalized spacial score (nSPS) is 16.5. The molecule has 4 heteroatoms. The van der Waals surface area contributed by atoms with E-state index in [4.69, 9.17) is 11.6 Å². The molecule has 0 unspecified atom stereocenters. The zero-order chi connectivity index (χ0) is 10.1. The number of anilines is 1. The van der Waals surface area contributed by atoms with Crippen LogP contribution < -0.4 is 4.90 Å². The van der Waals surface area contributed by atoms with E-state index in [-0.39, 0.29) is 24.7 Å². The Balaban J connectivity index is 2.27. The molecule has 0 bridgehead atoms. The van der Waals surface area contributed by atoms with Crippen LogP contribution in [0.5, 0.6) is 0 Å². The number of Topliss-reactive ketones (excluding diaryl/α,β-unsaturated/α-hetero) is 1. The summed E-state index contributed by atoms with van der Waals surface area (Å²) in [6.07, 6.45) is 0.0165. The summed E-state index contributed by atoms with van der Waals surface area (Å²) < 4.78 is 0. The van der Waals surface area contributed by atoms with Crippen molar-refractivity contribution in [3.05, 3.63) is 29.3 Å². The van der Waals surface area contributed by atoms with Crippen LogP contribution in [0.15, 0.2) is 24.3 Å². The molecular weight excluding hydrogens is 202 g/mol. The molecule has 0 spiro atoms. The van der Waals surface area contributed by atoms with Crippen molar-refractivity contribution < 1.29 is 9.59 Å². The minimum absolute atomic E-state index is 0.0165. The molecule has 0 radical (unpaired) electrons. The van der Waals surface area contributed by atoms with Gasteiger partial charge in [-0.25, -0.2) is 0 Å². The van der Waals surface area contributed by atoms with E-state index in [0.29, 0.717) is 5.02 Å². The quantitative estimate of drug-likeness (QED) is 0.660. The molecule has 3 nitrogen and oxygen atoms in total. The van der Waals surface area contributed by atoms with Crippen molar-refractivity contribution in [2.24, 2.45) is 0 Å². The largest absolute Gasteiger partial charge is 0.305 e. The highest BCUT2D eigenvalue weighted by atomic mass is 35.5. The van der Waals surface area contributed by atoms with E-state index < -0.39 is 0 Å². The lowest BCUT2D eigenvalue weighted by Crippen LogP contribution is -2.24. The molecule has 14 heavy (non-hydrogen) atoms. The Bertz CT molecular complexity index is 386. The summed E-state index contributed by atoms with van der Waals surface area (Å²) in [4.78, 5) is 23.8. The molecule has 0 saturated carbocycles. The van der Waals surface area contributed by atoms with Gasteiger partial charge in [-0.1, -0.05) is 11.6 Å². The van der Waals surface area contributed by atoms with Gasteiger partial charge in [-0.05, 0) is 24.3 Å². The summed E-state index contributed by atoms with van der Waals surface area (Å²) in [5.74, 6) is -0.178. The maximum atomic E-state index is 11.3. The molecule has 2 rings (SSSR count). The van der Waals surface area contributed by atoms with Gasteiger partial charge < -0.3 is 4.90 Å².